The third-order valence-corrected chi connectivity index (χ3v) is 4.65. The Morgan fingerprint density at radius 2 is 1.96 bits per heavy atom. The quantitative estimate of drug-likeness (QED) is 0.732. The molecule has 3 aromatic rings. The first kappa shape index (κ1) is 15.0. The molecule has 120 valence electrons. The number of nitrogens with one attached hydrogen (secondary N) is 1. The first-order valence-electron chi connectivity index (χ1n) is 7.64. The van der Waals surface area contributed by atoms with E-state index in [2.05, 4.69) is 4.98 Å². The molecule has 24 heavy (non-hydrogen) atoms. The van der Waals surface area contributed by atoms with Gasteiger partial charge in [-0.2, -0.15) is 0 Å². The van der Waals surface area contributed by atoms with Crippen molar-refractivity contribution in [2.24, 2.45) is 0 Å². The second kappa shape index (κ2) is 5.80. The van der Waals surface area contributed by atoms with E-state index in [1.54, 1.807) is 11.0 Å². The fourth-order valence-corrected chi connectivity index (χ4v) is 3.29. The van der Waals surface area contributed by atoms with E-state index in [1.807, 2.05) is 36.4 Å². The maximum Gasteiger partial charge on any atom is 0.272 e. The van der Waals surface area contributed by atoms with Crippen molar-refractivity contribution < 1.29 is 9.18 Å². The van der Waals surface area contributed by atoms with E-state index in [-0.39, 0.29) is 16.7 Å². The topological polar surface area (TPSA) is 36.1 Å². The molecule has 0 spiro atoms. The minimum atomic E-state index is -0.378. The lowest BCUT2D eigenvalue weighted by molar-refractivity contribution is 0.0797. The highest BCUT2D eigenvalue weighted by Crippen LogP contribution is 2.30. The molecule has 0 radical (unpaired) electrons. The summed E-state index contributed by atoms with van der Waals surface area (Å²) in [5, 5.41) is 0.790. The Morgan fingerprint density at radius 3 is 2.75 bits per heavy atom. The van der Waals surface area contributed by atoms with Crippen LogP contribution in [-0.2, 0) is 0 Å². The molecule has 0 atom stereocenters. The number of halogens is 2. The van der Waals surface area contributed by atoms with Gasteiger partial charge in [0.25, 0.3) is 5.91 Å². The summed E-state index contributed by atoms with van der Waals surface area (Å²) in [7, 11) is 0. The monoisotopic (exact) mass is 340 g/mol. The summed E-state index contributed by atoms with van der Waals surface area (Å²) in [6.07, 6.45) is 2.05. The molecule has 0 aliphatic carbocycles. The van der Waals surface area contributed by atoms with Crippen LogP contribution in [0.1, 0.15) is 16.1 Å². The molecule has 2 aromatic carbocycles. The number of benzene rings is 2. The van der Waals surface area contributed by atoms with Gasteiger partial charge >= 0.3 is 0 Å². The molecule has 0 saturated heterocycles. The Bertz CT molecular complexity index is 962. The number of hydrogen-bond acceptors (Lipinski definition) is 1. The van der Waals surface area contributed by atoms with Gasteiger partial charge in [0.1, 0.15) is 11.5 Å². The van der Waals surface area contributed by atoms with Crippen LogP contribution in [0, 0.1) is 5.82 Å². The molecule has 1 aliphatic heterocycles. The first-order chi connectivity index (χ1) is 11.6. The van der Waals surface area contributed by atoms with Crippen molar-refractivity contribution in [1.82, 2.24) is 9.88 Å². The Labute approximate surface area is 143 Å². The van der Waals surface area contributed by atoms with Crippen molar-refractivity contribution in [2.45, 2.75) is 0 Å². The van der Waals surface area contributed by atoms with E-state index in [1.165, 1.54) is 12.1 Å². The summed E-state index contributed by atoms with van der Waals surface area (Å²) in [4.78, 5) is 17.5. The number of aromatic amines is 1. The van der Waals surface area contributed by atoms with E-state index in [0.29, 0.717) is 29.7 Å². The van der Waals surface area contributed by atoms with Gasteiger partial charge in [0.2, 0.25) is 0 Å². The Balaban J connectivity index is 1.61. The number of nitrogens with zero attached hydrogens (tertiary/aromatic N) is 1. The lowest BCUT2D eigenvalue weighted by atomic mass is 10.1. The van der Waals surface area contributed by atoms with Crippen LogP contribution in [-0.4, -0.2) is 28.9 Å². The summed E-state index contributed by atoms with van der Waals surface area (Å²) >= 11 is 6.29. The van der Waals surface area contributed by atoms with Crippen LogP contribution in [0.25, 0.3) is 16.5 Å². The number of aromatic nitrogens is 1. The zero-order chi connectivity index (χ0) is 16.7. The molecule has 0 unspecified atom stereocenters. The fourth-order valence-electron chi connectivity index (χ4n) is 3.01. The molecular formula is C19H14ClFN2O. The smallest absolute Gasteiger partial charge is 0.272 e. The van der Waals surface area contributed by atoms with Crippen molar-refractivity contribution in [1.29, 1.82) is 0 Å². The van der Waals surface area contributed by atoms with E-state index in [0.717, 1.165) is 11.1 Å². The number of carbonyl (C=O) groups is 1. The standard InChI is InChI=1S/C19H14ClFN2O/c20-17-15-10-14(21)6-7-16(15)22-18(17)19(24)23-9-8-13(11-23)12-4-2-1-3-5-12/h1-8,10,22H,9,11H2. The molecule has 0 bridgehead atoms. The molecule has 0 saturated carbocycles. The van der Waals surface area contributed by atoms with E-state index < -0.39 is 0 Å². The highest BCUT2D eigenvalue weighted by molar-refractivity contribution is 6.38. The van der Waals surface area contributed by atoms with Crippen LogP contribution in [0.15, 0.2) is 54.6 Å². The summed E-state index contributed by atoms with van der Waals surface area (Å²) in [6, 6.07) is 14.2. The average molecular weight is 341 g/mol. The lowest BCUT2D eigenvalue weighted by Gasteiger charge is -2.16. The summed E-state index contributed by atoms with van der Waals surface area (Å²) in [5.41, 5.74) is 3.18. The predicted molar refractivity (Wildman–Crippen MR) is 93.6 cm³/mol. The number of carbonyl (C=O) groups excluding carboxylic acids is 1. The minimum Gasteiger partial charge on any atom is -0.349 e. The van der Waals surface area contributed by atoms with Crippen molar-refractivity contribution in [3.63, 3.8) is 0 Å². The summed E-state index contributed by atoms with van der Waals surface area (Å²) < 4.78 is 13.4. The molecule has 1 amide bonds. The first-order valence-corrected chi connectivity index (χ1v) is 8.02. The maximum absolute atomic E-state index is 13.4. The van der Waals surface area contributed by atoms with Crippen molar-refractivity contribution in [3.05, 3.63) is 76.7 Å². The SMILES string of the molecule is O=C(c1[nH]c2ccc(F)cc2c1Cl)N1CC=C(c2ccccc2)C1. The van der Waals surface area contributed by atoms with Gasteiger partial charge in [0.05, 0.1) is 5.02 Å². The fraction of sp³-hybridized carbons (Fsp3) is 0.105. The normalized spacial score (nSPS) is 14.2. The number of hydrogen-bond donors (Lipinski definition) is 1. The largest absolute Gasteiger partial charge is 0.349 e. The molecule has 0 fully saturated rings. The molecule has 2 heterocycles. The van der Waals surface area contributed by atoms with Gasteiger partial charge in [-0.15, -0.1) is 0 Å². The van der Waals surface area contributed by atoms with Crippen LogP contribution in [0.4, 0.5) is 4.39 Å². The number of amides is 1. The van der Waals surface area contributed by atoms with E-state index >= 15 is 0 Å². The van der Waals surface area contributed by atoms with Gasteiger partial charge in [0.15, 0.2) is 0 Å². The molecule has 5 heteroatoms. The second-order valence-corrected chi connectivity index (χ2v) is 6.16. The second-order valence-electron chi connectivity index (χ2n) is 5.78. The molecule has 1 aliphatic rings. The maximum atomic E-state index is 13.4. The molecular weight excluding hydrogens is 327 g/mol. The van der Waals surface area contributed by atoms with Gasteiger partial charge in [-0.05, 0) is 29.3 Å². The van der Waals surface area contributed by atoms with Crippen LogP contribution >= 0.6 is 11.6 Å². The minimum absolute atomic E-state index is 0.182. The summed E-state index contributed by atoms with van der Waals surface area (Å²) in [5.74, 6) is -0.560. The zero-order valence-electron chi connectivity index (χ0n) is 12.7. The summed E-state index contributed by atoms with van der Waals surface area (Å²) in [6.45, 7) is 1.06. The number of H-pyrrole nitrogens is 1. The van der Waals surface area contributed by atoms with Gasteiger partial charge in [0, 0.05) is 24.0 Å². The van der Waals surface area contributed by atoms with E-state index in [9.17, 15) is 9.18 Å². The number of rotatable bonds is 2. The third-order valence-electron chi connectivity index (χ3n) is 4.26. The van der Waals surface area contributed by atoms with Gasteiger partial charge in [-0.1, -0.05) is 48.0 Å². The van der Waals surface area contributed by atoms with Crippen molar-refractivity contribution in [2.75, 3.05) is 13.1 Å². The van der Waals surface area contributed by atoms with Gasteiger partial charge in [-0.25, -0.2) is 4.39 Å². The van der Waals surface area contributed by atoms with Gasteiger partial charge in [-0.3, -0.25) is 4.79 Å². The van der Waals surface area contributed by atoms with Crippen LogP contribution in [0.3, 0.4) is 0 Å². The van der Waals surface area contributed by atoms with Crippen LogP contribution < -0.4 is 0 Å². The Hall–Kier alpha value is -2.59. The lowest BCUT2D eigenvalue weighted by Crippen LogP contribution is -2.29. The average Bonchev–Trinajstić information content (AvgIpc) is 3.21. The van der Waals surface area contributed by atoms with E-state index in [4.69, 9.17) is 11.6 Å². The van der Waals surface area contributed by atoms with Crippen LogP contribution in [0.5, 0.6) is 0 Å². The molecule has 4 rings (SSSR count). The Morgan fingerprint density at radius 1 is 1.17 bits per heavy atom. The number of fused-ring (bicyclic) bond motifs is 1. The zero-order valence-corrected chi connectivity index (χ0v) is 13.5. The molecule has 1 aromatic heterocycles. The van der Waals surface area contributed by atoms with Crippen molar-refractivity contribution >= 4 is 34.0 Å². The van der Waals surface area contributed by atoms with Gasteiger partial charge < -0.3 is 9.88 Å². The van der Waals surface area contributed by atoms with Crippen molar-refractivity contribution in [3.8, 4) is 0 Å². The highest BCUT2D eigenvalue weighted by Gasteiger charge is 2.25. The molecule has 1 N–H and O–H groups in total. The highest BCUT2D eigenvalue weighted by atomic mass is 35.5. The Kier molecular flexibility index (Phi) is 3.62. The predicted octanol–water partition coefficient (Wildman–Crippen LogP) is 4.50. The molecule has 3 nitrogen and oxygen atoms in total. The van der Waals surface area contributed by atoms with Crippen LogP contribution in [0.2, 0.25) is 5.02 Å². The third kappa shape index (κ3) is 2.49.